The Hall–Kier alpha value is -3.33. The van der Waals surface area contributed by atoms with E-state index in [0.29, 0.717) is 35.2 Å². The molecule has 2 heterocycles. The van der Waals surface area contributed by atoms with Crippen LogP contribution in [0.1, 0.15) is 40.7 Å². The molecule has 0 atom stereocenters. The second-order valence-corrected chi connectivity index (χ2v) is 8.77. The molecular weight excluding hydrogens is 459 g/mol. The Morgan fingerprint density at radius 2 is 1.86 bits per heavy atom. The summed E-state index contributed by atoms with van der Waals surface area (Å²) in [5, 5.41) is 6.96. The van der Waals surface area contributed by atoms with Crippen LogP contribution in [0.2, 0.25) is 0 Å². The molecule has 0 unspecified atom stereocenters. The van der Waals surface area contributed by atoms with E-state index >= 15 is 0 Å². The van der Waals surface area contributed by atoms with Gasteiger partial charge in [0.15, 0.2) is 6.61 Å². The summed E-state index contributed by atoms with van der Waals surface area (Å²) in [5.41, 5.74) is 1.80. The lowest BCUT2D eigenvalue weighted by Gasteiger charge is -2.22. The minimum Gasteiger partial charge on any atom is -0.497 e. The van der Waals surface area contributed by atoms with Crippen LogP contribution in [0.15, 0.2) is 48.7 Å². The number of halogens is 3. The zero-order valence-electron chi connectivity index (χ0n) is 19.7. The largest absolute Gasteiger partial charge is 0.497 e. The van der Waals surface area contributed by atoms with Crippen molar-refractivity contribution in [2.24, 2.45) is 0 Å². The number of ether oxygens (including phenoxy) is 2. The van der Waals surface area contributed by atoms with Crippen molar-refractivity contribution < 1.29 is 27.4 Å². The second kappa shape index (κ2) is 10.1. The molecule has 6 nitrogen and oxygen atoms in total. The van der Waals surface area contributed by atoms with E-state index in [1.54, 1.807) is 36.5 Å². The molecule has 1 saturated heterocycles. The molecule has 2 aromatic carbocycles. The summed E-state index contributed by atoms with van der Waals surface area (Å²) in [6, 6.07) is 11.9. The van der Waals surface area contributed by atoms with Crippen LogP contribution >= 0.6 is 0 Å². The number of rotatable bonds is 6. The van der Waals surface area contributed by atoms with Gasteiger partial charge in [-0.1, -0.05) is 12.1 Å². The molecule has 1 saturated carbocycles. The van der Waals surface area contributed by atoms with Gasteiger partial charge in [-0.2, -0.15) is 13.2 Å². The summed E-state index contributed by atoms with van der Waals surface area (Å²) in [4.78, 5) is 17.4. The number of carbonyl (C=O) groups excluding carboxylic acids is 1. The highest BCUT2D eigenvalue weighted by Gasteiger charge is 2.47. The summed E-state index contributed by atoms with van der Waals surface area (Å²) >= 11 is 0. The highest BCUT2D eigenvalue weighted by Crippen LogP contribution is 2.49. The zero-order chi connectivity index (χ0) is 25.1. The predicted octanol–water partition coefficient (Wildman–Crippen LogP) is 4.89. The number of carbonyl (C=O) groups is 1. The molecule has 2 N–H and O–H groups in total. The van der Waals surface area contributed by atoms with E-state index in [4.69, 9.17) is 9.47 Å². The zero-order valence-corrected chi connectivity index (χ0v) is 19.7. The number of aryl methyl sites for hydroxylation is 1. The van der Waals surface area contributed by atoms with Crippen LogP contribution in [-0.4, -0.2) is 43.9 Å². The predicted molar refractivity (Wildman–Crippen MR) is 127 cm³/mol. The molecule has 186 valence electrons. The molecular formula is C26H28F3N3O3. The van der Waals surface area contributed by atoms with Gasteiger partial charge in [0.1, 0.15) is 11.5 Å². The molecule has 0 spiro atoms. The third kappa shape index (κ3) is 6.03. The summed E-state index contributed by atoms with van der Waals surface area (Å²) in [6.45, 7) is 2.94. The van der Waals surface area contributed by atoms with Crippen LogP contribution in [0.25, 0.3) is 10.9 Å². The summed E-state index contributed by atoms with van der Waals surface area (Å²) < 4.78 is 48.2. The molecule has 0 radical (unpaired) electrons. The van der Waals surface area contributed by atoms with Gasteiger partial charge in [0.05, 0.1) is 18.2 Å². The van der Waals surface area contributed by atoms with Crippen molar-refractivity contribution in [2.75, 3.05) is 26.8 Å². The standard InChI is InChI=1S/C23H21F3N2O3.C3H7N/c1-14-5-6-15(30-2)10-18(14)21(29)28-22(7-8-22)19-11-16(31-13-23(24,25)26)12-20-17(19)4-3-9-27-20;1-2-4-3-1/h3-6,9-12H,7-8,13H2,1-2H3,(H,28,29);4H,1-3H2. The van der Waals surface area contributed by atoms with Gasteiger partial charge >= 0.3 is 6.18 Å². The SMILES string of the molecule is C1CNC1.COc1ccc(C)c(C(=O)NC2(c3cc(OCC(F)(F)F)cc4ncccc34)CC2)c1. The van der Waals surface area contributed by atoms with Crippen molar-refractivity contribution in [3.63, 3.8) is 0 Å². The Labute approximate surface area is 201 Å². The number of aromatic nitrogens is 1. The van der Waals surface area contributed by atoms with E-state index in [2.05, 4.69) is 15.6 Å². The fourth-order valence-corrected chi connectivity index (χ4v) is 3.82. The first-order valence-corrected chi connectivity index (χ1v) is 11.5. The summed E-state index contributed by atoms with van der Waals surface area (Å²) in [6.07, 6.45) is -0.172. The van der Waals surface area contributed by atoms with E-state index in [1.807, 2.05) is 13.0 Å². The first kappa shape index (κ1) is 24.8. The molecule has 1 aromatic heterocycles. The molecule has 2 aliphatic rings. The number of fused-ring (bicyclic) bond motifs is 1. The first-order chi connectivity index (χ1) is 16.7. The van der Waals surface area contributed by atoms with E-state index in [9.17, 15) is 18.0 Å². The fourth-order valence-electron chi connectivity index (χ4n) is 3.82. The van der Waals surface area contributed by atoms with Crippen LogP contribution in [-0.2, 0) is 5.54 Å². The van der Waals surface area contributed by atoms with Crippen LogP contribution in [0.5, 0.6) is 11.5 Å². The van der Waals surface area contributed by atoms with Gasteiger partial charge in [0.2, 0.25) is 0 Å². The lowest BCUT2D eigenvalue weighted by molar-refractivity contribution is -0.153. The van der Waals surface area contributed by atoms with Crippen molar-refractivity contribution >= 4 is 16.8 Å². The van der Waals surface area contributed by atoms with Crippen LogP contribution < -0.4 is 20.1 Å². The van der Waals surface area contributed by atoms with Crippen molar-refractivity contribution in [1.29, 1.82) is 0 Å². The van der Waals surface area contributed by atoms with E-state index < -0.39 is 18.3 Å². The highest BCUT2D eigenvalue weighted by molar-refractivity contribution is 5.97. The number of nitrogens with one attached hydrogen (secondary N) is 2. The maximum absolute atomic E-state index is 13.1. The molecule has 1 aliphatic heterocycles. The van der Waals surface area contributed by atoms with Crippen molar-refractivity contribution in [1.82, 2.24) is 15.6 Å². The van der Waals surface area contributed by atoms with Crippen LogP contribution in [0, 0.1) is 6.92 Å². The molecule has 0 bridgehead atoms. The molecule has 35 heavy (non-hydrogen) atoms. The van der Waals surface area contributed by atoms with Crippen LogP contribution in [0.4, 0.5) is 13.2 Å². The van der Waals surface area contributed by atoms with Gasteiger partial charge in [-0.3, -0.25) is 9.78 Å². The number of methoxy groups -OCH3 is 1. The average Bonchev–Trinajstić information content (AvgIpc) is 3.56. The van der Waals surface area contributed by atoms with Gasteiger partial charge < -0.3 is 20.1 Å². The second-order valence-electron chi connectivity index (χ2n) is 8.77. The lowest BCUT2D eigenvalue weighted by atomic mass is 9.97. The average molecular weight is 488 g/mol. The van der Waals surface area contributed by atoms with Crippen molar-refractivity contribution in [3.05, 3.63) is 65.4 Å². The maximum atomic E-state index is 13.1. The van der Waals surface area contributed by atoms with Crippen LogP contribution in [0.3, 0.4) is 0 Å². The molecule has 5 rings (SSSR count). The van der Waals surface area contributed by atoms with Gasteiger partial charge in [0.25, 0.3) is 5.91 Å². The van der Waals surface area contributed by atoms with E-state index in [0.717, 1.165) is 10.9 Å². The Morgan fingerprint density at radius 1 is 1.14 bits per heavy atom. The Bertz CT molecular complexity index is 1200. The highest BCUT2D eigenvalue weighted by atomic mass is 19.4. The van der Waals surface area contributed by atoms with Crippen molar-refractivity contribution in [3.8, 4) is 11.5 Å². The number of pyridine rings is 1. The first-order valence-electron chi connectivity index (χ1n) is 11.5. The summed E-state index contributed by atoms with van der Waals surface area (Å²) in [7, 11) is 1.53. The Kier molecular flexibility index (Phi) is 7.16. The van der Waals surface area contributed by atoms with E-state index in [1.165, 1.54) is 32.7 Å². The lowest BCUT2D eigenvalue weighted by Crippen LogP contribution is -2.35. The molecule has 9 heteroatoms. The van der Waals surface area contributed by atoms with Gasteiger partial charge in [-0.25, -0.2) is 0 Å². The van der Waals surface area contributed by atoms with E-state index in [-0.39, 0.29) is 11.7 Å². The fraction of sp³-hybridized carbons (Fsp3) is 0.385. The molecule has 3 aromatic rings. The number of hydrogen-bond donors (Lipinski definition) is 2. The monoisotopic (exact) mass is 487 g/mol. The minimum absolute atomic E-state index is 0.0663. The number of alkyl halides is 3. The number of amides is 1. The third-order valence-corrected chi connectivity index (χ3v) is 6.11. The minimum atomic E-state index is -4.45. The Balaban J connectivity index is 0.000000656. The smallest absolute Gasteiger partial charge is 0.422 e. The van der Waals surface area contributed by atoms with Gasteiger partial charge in [0, 0.05) is 23.2 Å². The number of hydrogen-bond acceptors (Lipinski definition) is 5. The van der Waals surface area contributed by atoms with Crippen molar-refractivity contribution in [2.45, 2.75) is 37.9 Å². The molecule has 1 aliphatic carbocycles. The Morgan fingerprint density at radius 3 is 2.46 bits per heavy atom. The topological polar surface area (TPSA) is 72.5 Å². The molecule has 2 fully saturated rings. The number of nitrogens with zero attached hydrogens (tertiary/aromatic N) is 1. The maximum Gasteiger partial charge on any atom is 0.422 e. The summed E-state index contributed by atoms with van der Waals surface area (Å²) in [5.74, 6) is 0.363. The third-order valence-electron chi connectivity index (χ3n) is 6.11. The molecule has 1 amide bonds. The quantitative estimate of drug-likeness (QED) is 0.518. The van der Waals surface area contributed by atoms with Gasteiger partial charge in [-0.05, 0) is 74.7 Å². The van der Waals surface area contributed by atoms with Gasteiger partial charge in [-0.15, -0.1) is 0 Å². The normalized spacial score (nSPS) is 15.9. The number of benzene rings is 2.